The van der Waals surface area contributed by atoms with Crippen LogP contribution in [0.3, 0.4) is 0 Å². The Morgan fingerprint density at radius 2 is 2.23 bits per heavy atom. The van der Waals surface area contributed by atoms with Crippen LogP contribution < -0.4 is 0 Å². The van der Waals surface area contributed by atoms with Gasteiger partial charge in [-0.05, 0) is 40.3 Å². The molecule has 0 atom stereocenters. The molecule has 0 aliphatic heterocycles. The Morgan fingerprint density at radius 1 is 1.46 bits per heavy atom. The fraction of sp³-hybridized carbons (Fsp3) is 0.111. The van der Waals surface area contributed by atoms with Crippen molar-refractivity contribution in [2.45, 2.75) is 5.33 Å². The summed E-state index contributed by atoms with van der Waals surface area (Å²) in [4.78, 5) is 0. The van der Waals surface area contributed by atoms with Crippen molar-refractivity contribution in [2.75, 3.05) is 0 Å². The first kappa shape index (κ1) is 9.86. The van der Waals surface area contributed by atoms with Gasteiger partial charge in [0.15, 0.2) is 0 Å². The molecule has 0 fully saturated rings. The summed E-state index contributed by atoms with van der Waals surface area (Å²) in [5.74, 6) is -0.112. The van der Waals surface area contributed by atoms with E-state index in [1.54, 1.807) is 5.38 Å². The molecule has 0 amide bonds. The lowest BCUT2D eigenvalue weighted by molar-refractivity contribution is 0.644. The minimum atomic E-state index is -0.112. The third-order valence-electron chi connectivity index (χ3n) is 1.84. The highest BCUT2D eigenvalue weighted by Gasteiger charge is 2.06. The second-order valence-corrected chi connectivity index (χ2v) is 5.29. The van der Waals surface area contributed by atoms with Crippen molar-refractivity contribution in [1.82, 2.24) is 0 Å². The van der Waals surface area contributed by atoms with Gasteiger partial charge in [-0.15, -0.1) is 11.3 Å². The molecule has 0 bridgehead atoms. The van der Waals surface area contributed by atoms with E-state index in [0.717, 1.165) is 19.0 Å². The van der Waals surface area contributed by atoms with E-state index in [0.29, 0.717) is 0 Å². The molecule has 68 valence electrons. The zero-order valence-electron chi connectivity index (χ0n) is 6.48. The van der Waals surface area contributed by atoms with Crippen LogP contribution in [-0.2, 0) is 5.33 Å². The molecule has 13 heavy (non-hydrogen) atoms. The molecule has 1 aromatic heterocycles. The Bertz CT molecular complexity index is 452. The summed E-state index contributed by atoms with van der Waals surface area (Å²) in [5, 5.41) is 3.11. The van der Waals surface area contributed by atoms with Gasteiger partial charge in [-0.25, -0.2) is 4.39 Å². The number of halogens is 3. The molecule has 0 aliphatic carbocycles. The van der Waals surface area contributed by atoms with Crippen LogP contribution in [0.2, 0.25) is 0 Å². The van der Waals surface area contributed by atoms with E-state index in [4.69, 9.17) is 0 Å². The van der Waals surface area contributed by atoms with Gasteiger partial charge >= 0.3 is 0 Å². The molecule has 0 N–H and O–H groups in total. The van der Waals surface area contributed by atoms with Crippen molar-refractivity contribution in [1.29, 1.82) is 0 Å². The molecule has 0 nitrogen and oxygen atoms in total. The van der Waals surface area contributed by atoms with Crippen LogP contribution in [0.1, 0.15) is 5.56 Å². The topological polar surface area (TPSA) is 0 Å². The summed E-state index contributed by atoms with van der Waals surface area (Å²) in [5.41, 5.74) is 1.22. The summed E-state index contributed by atoms with van der Waals surface area (Å²) < 4.78 is 15.3. The molecule has 0 radical (unpaired) electrons. The van der Waals surface area contributed by atoms with Crippen LogP contribution in [0.15, 0.2) is 17.5 Å². The van der Waals surface area contributed by atoms with E-state index in [-0.39, 0.29) is 5.82 Å². The second kappa shape index (κ2) is 3.82. The third kappa shape index (κ3) is 1.76. The Morgan fingerprint density at radius 3 is 2.92 bits per heavy atom. The van der Waals surface area contributed by atoms with Gasteiger partial charge in [0.05, 0.1) is 0 Å². The Balaban J connectivity index is 2.76. The summed E-state index contributed by atoms with van der Waals surface area (Å²) in [6, 6.07) is 3.94. The van der Waals surface area contributed by atoms with E-state index in [2.05, 4.69) is 38.5 Å². The maximum atomic E-state index is 13.2. The maximum Gasteiger partial charge on any atom is 0.141 e. The summed E-state index contributed by atoms with van der Waals surface area (Å²) in [7, 11) is 0. The Labute approximate surface area is 101 Å². The van der Waals surface area contributed by atoms with Crippen molar-refractivity contribution in [3.05, 3.63) is 32.5 Å². The molecule has 0 spiro atoms. The van der Waals surface area contributed by atoms with Crippen LogP contribution in [0.5, 0.6) is 0 Å². The van der Waals surface area contributed by atoms with Crippen LogP contribution in [0.25, 0.3) is 10.1 Å². The van der Waals surface area contributed by atoms with Crippen LogP contribution >= 0.6 is 49.9 Å². The highest BCUT2D eigenvalue weighted by molar-refractivity contribution is 14.1. The van der Waals surface area contributed by atoms with Crippen LogP contribution in [-0.4, -0.2) is 0 Å². The molecule has 2 aromatic rings. The van der Waals surface area contributed by atoms with Crippen molar-refractivity contribution < 1.29 is 4.39 Å². The molecule has 0 aliphatic rings. The normalized spacial score (nSPS) is 11.0. The number of hydrogen-bond acceptors (Lipinski definition) is 1. The number of fused-ring (bicyclic) bond motifs is 1. The van der Waals surface area contributed by atoms with E-state index in [9.17, 15) is 4.39 Å². The van der Waals surface area contributed by atoms with Gasteiger partial charge in [-0.1, -0.05) is 15.9 Å². The molecule has 1 heterocycles. The van der Waals surface area contributed by atoms with E-state index < -0.39 is 0 Å². The molecule has 4 heteroatoms. The zero-order chi connectivity index (χ0) is 9.42. The lowest BCUT2D eigenvalue weighted by Crippen LogP contribution is -1.83. The second-order valence-electron chi connectivity index (χ2n) is 2.66. The quantitative estimate of drug-likeness (QED) is 0.510. The first-order chi connectivity index (χ1) is 6.22. The molecular formula is C9H5BrFIS. The van der Waals surface area contributed by atoms with Gasteiger partial charge in [0, 0.05) is 24.4 Å². The zero-order valence-corrected chi connectivity index (χ0v) is 11.0. The largest absolute Gasteiger partial charge is 0.205 e. The minimum Gasteiger partial charge on any atom is -0.205 e. The van der Waals surface area contributed by atoms with E-state index in [1.165, 1.54) is 16.9 Å². The highest BCUT2D eigenvalue weighted by atomic mass is 127. The van der Waals surface area contributed by atoms with Crippen molar-refractivity contribution in [3.63, 3.8) is 0 Å². The molecule has 1 aromatic carbocycles. The van der Waals surface area contributed by atoms with Crippen LogP contribution in [0, 0.1) is 9.39 Å². The van der Waals surface area contributed by atoms with E-state index in [1.807, 2.05) is 12.1 Å². The lowest BCUT2D eigenvalue weighted by Gasteiger charge is -1.99. The van der Waals surface area contributed by atoms with E-state index >= 15 is 0 Å². The lowest BCUT2D eigenvalue weighted by atomic mass is 10.2. The molecule has 0 unspecified atom stereocenters. The first-order valence-corrected chi connectivity index (χ1v) is 6.71. The van der Waals surface area contributed by atoms with Crippen molar-refractivity contribution >= 4 is 59.9 Å². The van der Waals surface area contributed by atoms with Gasteiger partial charge in [0.1, 0.15) is 5.82 Å². The number of rotatable bonds is 1. The Hall–Kier alpha value is 0.320. The summed E-state index contributed by atoms with van der Waals surface area (Å²) in [6.07, 6.45) is 0. The van der Waals surface area contributed by atoms with Gasteiger partial charge < -0.3 is 0 Å². The first-order valence-electron chi connectivity index (χ1n) is 3.63. The van der Waals surface area contributed by atoms with Gasteiger partial charge in [-0.2, -0.15) is 0 Å². The smallest absolute Gasteiger partial charge is 0.141 e. The van der Waals surface area contributed by atoms with Gasteiger partial charge in [0.25, 0.3) is 0 Å². The highest BCUT2D eigenvalue weighted by Crippen LogP contribution is 2.29. The average molecular weight is 371 g/mol. The predicted molar refractivity (Wildman–Crippen MR) is 67.1 cm³/mol. The summed E-state index contributed by atoms with van der Waals surface area (Å²) in [6.45, 7) is 0. The third-order valence-corrected chi connectivity index (χ3v) is 4.36. The number of alkyl halides is 1. The molecule has 2 rings (SSSR count). The standard InChI is InChI=1S/C9H5BrFIS/c10-3-5-1-9-6(2-8(5)12)7(11)4-13-9/h1-2,4H,3H2. The van der Waals surface area contributed by atoms with Crippen molar-refractivity contribution in [2.24, 2.45) is 0 Å². The molecule has 0 saturated heterocycles. The SMILES string of the molecule is Fc1csc2cc(CBr)c(I)cc12. The number of thiophene rings is 1. The minimum absolute atomic E-state index is 0.112. The fourth-order valence-electron chi connectivity index (χ4n) is 1.16. The number of benzene rings is 1. The maximum absolute atomic E-state index is 13.2. The van der Waals surface area contributed by atoms with Crippen LogP contribution in [0.4, 0.5) is 4.39 Å². The monoisotopic (exact) mass is 370 g/mol. The van der Waals surface area contributed by atoms with Gasteiger partial charge in [0.2, 0.25) is 0 Å². The van der Waals surface area contributed by atoms with Crippen molar-refractivity contribution in [3.8, 4) is 0 Å². The number of hydrogen-bond donors (Lipinski definition) is 0. The van der Waals surface area contributed by atoms with Gasteiger partial charge in [-0.3, -0.25) is 0 Å². The fourth-order valence-corrected chi connectivity index (χ4v) is 3.66. The molecular weight excluding hydrogens is 366 g/mol. The molecule has 0 saturated carbocycles. The average Bonchev–Trinajstić information content (AvgIpc) is 2.47. The Kier molecular flexibility index (Phi) is 2.90. The predicted octanol–water partition coefficient (Wildman–Crippen LogP) is 4.54. The summed E-state index contributed by atoms with van der Waals surface area (Å²) >= 11 is 7.09.